The molecule has 0 aromatic carbocycles. The zero-order valence-electron chi connectivity index (χ0n) is 11.2. The van der Waals surface area contributed by atoms with Crippen molar-refractivity contribution in [3.8, 4) is 0 Å². The van der Waals surface area contributed by atoms with Crippen molar-refractivity contribution in [2.24, 2.45) is 0 Å². The Hall–Kier alpha value is -2.04. The molecule has 5 nitrogen and oxygen atoms in total. The average Bonchev–Trinajstić information content (AvgIpc) is 2.82. The number of nitrogens with one attached hydrogen (secondary N) is 1. The van der Waals surface area contributed by atoms with E-state index < -0.39 is 17.9 Å². The molecule has 0 radical (unpaired) electrons. The van der Waals surface area contributed by atoms with Gasteiger partial charge in [-0.05, 0) is 25.8 Å². The Morgan fingerprint density at radius 3 is 2.84 bits per heavy atom. The molecule has 0 spiro atoms. The first-order valence-electron chi connectivity index (χ1n) is 6.31. The second-order valence-corrected chi connectivity index (χ2v) is 4.18. The molecule has 19 heavy (non-hydrogen) atoms. The molecule has 5 heteroatoms. The summed E-state index contributed by atoms with van der Waals surface area (Å²) in [6.45, 7) is 3.78. The van der Waals surface area contributed by atoms with Crippen molar-refractivity contribution >= 4 is 11.9 Å². The van der Waals surface area contributed by atoms with Gasteiger partial charge in [-0.3, -0.25) is 4.79 Å². The normalized spacial score (nSPS) is 12.5. The minimum atomic E-state index is -1.05. The molecule has 1 unspecified atom stereocenters. The Kier molecular flexibility index (Phi) is 5.85. The summed E-state index contributed by atoms with van der Waals surface area (Å²) >= 11 is 0. The topological polar surface area (TPSA) is 79.5 Å². The van der Waals surface area contributed by atoms with Crippen LogP contribution in [-0.4, -0.2) is 23.0 Å². The summed E-state index contributed by atoms with van der Waals surface area (Å²) in [4.78, 5) is 23.1. The summed E-state index contributed by atoms with van der Waals surface area (Å²) in [7, 11) is 0. The van der Waals surface area contributed by atoms with Crippen LogP contribution in [0.4, 0.5) is 0 Å². The summed E-state index contributed by atoms with van der Waals surface area (Å²) in [5, 5.41) is 11.5. The maximum atomic E-state index is 12.0. The van der Waals surface area contributed by atoms with E-state index >= 15 is 0 Å². The lowest BCUT2D eigenvalue weighted by molar-refractivity contribution is -0.139. The van der Waals surface area contributed by atoms with Crippen LogP contribution in [0.1, 0.15) is 42.8 Å². The predicted molar refractivity (Wildman–Crippen MR) is 71.0 cm³/mol. The molecular formula is C14H19NO4. The Bertz CT molecular complexity index is 462. The summed E-state index contributed by atoms with van der Waals surface area (Å²) in [5.74, 6) is -0.865. The van der Waals surface area contributed by atoms with Crippen LogP contribution in [0, 0.1) is 0 Å². The van der Waals surface area contributed by atoms with Crippen molar-refractivity contribution in [2.45, 2.75) is 39.2 Å². The summed E-state index contributed by atoms with van der Waals surface area (Å²) in [5.41, 5.74) is 0.411. The van der Waals surface area contributed by atoms with Gasteiger partial charge in [-0.25, -0.2) is 4.79 Å². The van der Waals surface area contributed by atoms with Crippen molar-refractivity contribution < 1.29 is 19.1 Å². The van der Waals surface area contributed by atoms with E-state index in [1.165, 1.54) is 6.26 Å². The molecule has 1 amide bonds. The Labute approximate surface area is 112 Å². The standard InChI is InChI=1S/C14H19NO4/c1-3-5-7-11(14(17)18)15-13(16)10-8-9-19-12(10)6-4-2/h3,5,8-9,11H,4,6-7H2,1-2H3,(H,15,16)(H,17,18)/b5-3+. The van der Waals surface area contributed by atoms with E-state index in [0.717, 1.165) is 6.42 Å². The lowest BCUT2D eigenvalue weighted by Gasteiger charge is -2.12. The molecule has 0 aliphatic heterocycles. The van der Waals surface area contributed by atoms with Crippen LogP contribution in [0.15, 0.2) is 28.9 Å². The van der Waals surface area contributed by atoms with Crippen molar-refractivity contribution in [3.63, 3.8) is 0 Å². The lowest BCUT2D eigenvalue weighted by Crippen LogP contribution is -2.40. The quantitative estimate of drug-likeness (QED) is 0.742. The highest BCUT2D eigenvalue weighted by atomic mass is 16.4. The van der Waals surface area contributed by atoms with Crippen LogP contribution in [0.25, 0.3) is 0 Å². The monoisotopic (exact) mass is 265 g/mol. The van der Waals surface area contributed by atoms with Gasteiger partial charge < -0.3 is 14.8 Å². The zero-order valence-corrected chi connectivity index (χ0v) is 11.2. The number of aryl methyl sites for hydroxylation is 1. The number of amides is 1. The minimum absolute atomic E-state index is 0.262. The number of hydrogen-bond donors (Lipinski definition) is 2. The fourth-order valence-corrected chi connectivity index (χ4v) is 1.69. The van der Waals surface area contributed by atoms with Gasteiger partial charge in [0.2, 0.25) is 0 Å². The van der Waals surface area contributed by atoms with Crippen molar-refractivity contribution in [1.29, 1.82) is 0 Å². The molecule has 0 saturated heterocycles. The number of aliphatic carboxylic acids is 1. The van der Waals surface area contributed by atoms with Gasteiger partial charge in [-0.15, -0.1) is 0 Å². The molecule has 0 aliphatic rings. The van der Waals surface area contributed by atoms with Crippen molar-refractivity contribution in [3.05, 3.63) is 35.8 Å². The highest BCUT2D eigenvalue weighted by Gasteiger charge is 2.21. The van der Waals surface area contributed by atoms with Gasteiger partial charge in [-0.1, -0.05) is 19.1 Å². The van der Waals surface area contributed by atoms with Crippen molar-refractivity contribution in [2.75, 3.05) is 0 Å². The third-order valence-corrected chi connectivity index (χ3v) is 2.68. The van der Waals surface area contributed by atoms with E-state index in [1.54, 1.807) is 25.1 Å². The van der Waals surface area contributed by atoms with Gasteiger partial charge in [0.05, 0.1) is 11.8 Å². The molecule has 1 aromatic heterocycles. The Morgan fingerprint density at radius 2 is 2.26 bits per heavy atom. The third kappa shape index (κ3) is 4.28. The molecule has 1 atom stereocenters. The zero-order chi connectivity index (χ0) is 14.3. The van der Waals surface area contributed by atoms with Crippen molar-refractivity contribution in [1.82, 2.24) is 5.32 Å². The van der Waals surface area contributed by atoms with Gasteiger partial charge in [0.15, 0.2) is 0 Å². The Morgan fingerprint density at radius 1 is 1.53 bits per heavy atom. The van der Waals surface area contributed by atoms with E-state index in [-0.39, 0.29) is 6.42 Å². The van der Waals surface area contributed by atoms with E-state index in [4.69, 9.17) is 9.52 Å². The number of rotatable bonds is 7. The molecule has 0 fully saturated rings. The van der Waals surface area contributed by atoms with E-state index in [1.807, 2.05) is 6.92 Å². The third-order valence-electron chi connectivity index (χ3n) is 2.68. The molecule has 0 aliphatic carbocycles. The molecular weight excluding hydrogens is 246 g/mol. The summed E-state index contributed by atoms with van der Waals surface area (Å²) in [6.07, 6.45) is 6.68. The molecule has 1 heterocycles. The number of carbonyl (C=O) groups is 2. The summed E-state index contributed by atoms with van der Waals surface area (Å²) < 4.78 is 5.23. The highest BCUT2D eigenvalue weighted by Crippen LogP contribution is 2.13. The van der Waals surface area contributed by atoms with Crippen LogP contribution in [0.3, 0.4) is 0 Å². The molecule has 1 rings (SSSR count). The first-order valence-corrected chi connectivity index (χ1v) is 6.31. The fourth-order valence-electron chi connectivity index (χ4n) is 1.69. The van der Waals surface area contributed by atoms with Crippen LogP contribution in [0.5, 0.6) is 0 Å². The molecule has 0 saturated carbocycles. The highest BCUT2D eigenvalue weighted by molar-refractivity contribution is 5.97. The number of furan rings is 1. The molecule has 1 aromatic rings. The summed E-state index contributed by atoms with van der Waals surface area (Å²) in [6, 6.07) is 0.641. The van der Waals surface area contributed by atoms with E-state index in [2.05, 4.69) is 5.32 Å². The van der Waals surface area contributed by atoms with Gasteiger partial charge in [0, 0.05) is 6.42 Å². The number of carboxylic acids is 1. The van der Waals surface area contributed by atoms with E-state index in [9.17, 15) is 9.59 Å². The van der Waals surface area contributed by atoms with Gasteiger partial charge in [0.25, 0.3) is 5.91 Å². The maximum Gasteiger partial charge on any atom is 0.326 e. The van der Waals surface area contributed by atoms with Crippen LogP contribution < -0.4 is 5.32 Å². The van der Waals surface area contributed by atoms with Crippen LogP contribution in [0.2, 0.25) is 0 Å². The average molecular weight is 265 g/mol. The first kappa shape index (κ1) is 15.0. The molecule has 0 bridgehead atoms. The van der Waals surface area contributed by atoms with Crippen LogP contribution >= 0.6 is 0 Å². The second kappa shape index (κ2) is 7.41. The fraction of sp³-hybridized carbons (Fsp3) is 0.429. The molecule has 2 N–H and O–H groups in total. The number of hydrogen-bond acceptors (Lipinski definition) is 3. The van der Waals surface area contributed by atoms with Gasteiger partial charge >= 0.3 is 5.97 Å². The maximum absolute atomic E-state index is 12.0. The molecule has 104 valence electrons. The number of allylic oxidation sites excluding steroid dienone is 1. The van der Waals surface area contributed by atoms with Crippen LogP contribution in [-0.2, 0) is 11.2 Å². The predicted octanol–water partition coefficient (Wildman–Crippen LogP) is 2.38. The number of carboxylic acid groups (broad SMARTS) is 1. The second-order valence-electron chi connectivity index (χ2n) is 4.18. The van der Waals surface area contributed by atoms with E-state index in [0.29, 0.717) is 17.7 Å². The first-order chi connectivity index (χ1) is 9.10. The lowest BCUT2D eigenvalue weighted by atomic mass is 10.1. The number of carbonyl (C=O) groups excluding carboxylic acids is 1. The smallest absolute Gasteiger partial charge is 0.326 e. The Balaban J connectivity index is 2.75. The minimum Gasteiger partial charge on any atom is -0.480 e. The van der Waals surface area contributed by atoms with Gasteiger partial charge in [0.1, 0.15) is 11.8 Å². The SMILES string of the molecule is C/C=C/CC(NC(=O)c1ccoc1CCC)C(=O)O. The van der Waals surface area contributed by atoms with Gasteiger partial charge in [-0.2, -0.15) is 0 Å². The largest absolute Gasteiger partial charge is 0.480 e.